The van der Waals surface area contributed by atoms with Crippen LogP contribution in [0, 0.1) is 0 Å². The zero-order valence-electron chi connectivity index (χ0n) is 12.9. The summed E-state index contributed by atoms with van der Waals surface area (Å²) < 4.78 is 5.17. The largest absolute Gasteiger partial charge is 0.516 e. The molecule has 2 rings (SSSR count). The van der Waals surface area contributed by atoms with Crippen LogP contribution in [0.5, 0.6) is 0 Å². The van der Waals surface area contributed by atoms with Crippen molar-refractivity contribution in [3.8, 4) is 11.1 Å². The normalized spacial score (nSPS) is 9.62. The molecule has 0 aliphatic heterocycles. The van der Waals surface area contributed by atoms with Gasteiger partial charge in [-0.2, -0.15) is 0 Å². The molecule has 21 heavy (non-hydrogen) atoms. The summed E-state index contributed by atoms with van der Waals surface area (Å²) >= 11 is 0. The standard InChI is InChI=1S/C17H20O.C2H4O/c1-3-5-14-8-10-16(11-9-14)17-7-4-6-15(12-17)13-18-2;1-2-3/h4,6-12H,3,5,13H2,1-2H3;2-3H,1H2. The van der Waals surface area contributed by atoms with Crippen molar-refractivity contribution < 1.29 is 9.84 Å². The fraction of sp³-hybridized carbons (Fsp3) is 0.263. The zero-order valence-corrected chi connectivity index (χ0v) is 12.9. The third kappa shape index (κ3) is 5.84. The first-order valence-corrected chi connectivity index (χ1v) is 7.17. The van der Waals surface area contributed by atoms with Gasteiger partial charge in [0.05, 0.1) is 12.9 Å². The van der Waals surface area contributed by atoms with E-state index in [1.54, 1.807) is 7.11 Å². The average Bonchev–Trinajstić information content (AvgIpc) is 2.50. The Kier molecular flexibility index (Phi) is 7.92. The molecule has 0 saturated heterocycles. The van der Waals surface area contributed by atoms with E-state index < -0.39 is 0 Å². The highest BCUT2D eigenvalue weighted by Crippen LogP contribution is 2.21. The van der Waals surface area contributed by atoms with Gasteiger partial charge in [-0.3, -0.25) is 0 Å². The quantitative estimate of drug-likeness (QED) is 0.770. The van der Waals surface area contributed by atoms with Gasteiger partial charge in [-0.25, -0.2) is 0 Å². The number of hydrogen-bond acceptors (Lipinski definition) is 2. The lowest BCUT2D eigenvalue weighted by Gasteiger charge is -2.06. The minimum Gasteiger partial charge on any atom is -0.516 e. The molecule has 0 saturated carbocycles. The summed E-state index contributed by atoms with van der Waals surface area (Å²) in [5.41, 5.74) is 5.15. The van der Waals surface area contributed by atoms with E-state index in [9.17, 15) is 0 Å². The second kappa shape index (κ2) is 9.78. The molecule has 0 bridgehead atoms. The Balaban J connectivity index is 0.000000677. The molecule has 2 heteroatoms. The van der Waals surface area contributed by atoms with Gasteiger partial charge in [-0.05, 0) is 34.7 Å². The van der Waals surface area contributed by atoms with Gasteiger partial charge in [0.25, 0.3) is 0 Å². The summed E-state index contributed by atoms with van der Waals surface area (Å²) in [6.45, 7) is 5.80. The Hall–Kier alpha value is -2.06. The Labute approximate surface area is 127 Å². The van der Waals surface area contributed by atoms with Crippen LogP contribution in [-0.4, -0.2) is 12.2 Å². The molecule has 0 amide bonds. The molecule has 2 aromatic rings. The van der Waals surface area contributed by atoms with Crippen molar-refractivity contribution in [2.75, 3.05) is 7.11 Å². The van der Waals surface area contributed by atoms with Gasteiger partial charge in [0.2, 0.25) is 0 Å². The highest BCUT2D eigenvalue weighted by molar-refractivity contribution is 5.64. The number of hydrogen-bond donors (Lipinski definition) is 1. The van der Waals surface area contributed by atoms with Gasteiger partial charge < -0.3 is 9.84 Å². The third-order valence-corrected chi connectivity index (χ3v) is 3.06. The Morgan fingerprint density at radius 3 is 2.29 bits per heavy atom. The molecule has 2 aromatic carbocycles. The highest BCUT2D eigenvalue weighted by Gasteiger charge is 1.99. The molecule has 112 valence electrons. The van der Waals surface area contributed by atoms with Crippen molar-refractivity contribution in [3.05, 3.63) is 72.5 Å². The molecule has 0 fully saturated rings. The van der Waals surface area contributed by atoms with Crippen molar-refractivity contribution in [1.29, 1.82) is 0 Å². The van der Waals surface area contributed by atoms with E-state index in [0.29, 0.717) is 6.61 Å². The number of aliphatic hydroxyl groups excluding tert-OH is 1. The number of rotatable bonds is 5. The van der Waals surface area contributed by atoms with E-state index in [-0.39, 0.29) is 0 Å². The lowest BCUT2D eigenvalue weighted by molar-refractivity contribution is 0.185. The van der Waals surface area contributed by atoms with E-state index in [2.05, 4.69) is 62.0 Å². The number of aliphatic hydroxyl groups is 1. The van der Waals surface area contributed by atoms with E-state index in [1.807, 2.05) is 0 Å². The molecule has 0 spiro atoms. The molecular weight excluding hydrogens is 260 g/mol. The number of ether oxygens (including phenoxy) is 1. The fourth-order valence-electron chi connectivity index (χ4n) is 2.16. The van der Waals surface area contributed by atoms with Gasteiger partial charge in [-0.15, -0.1) is 0 Å². The van der Waals surface area contributed by atoms with Crippen molar-refractivity contribution in [3.63, 3.8) is 0 Å². The van der Waals surface area contributed by atoms with Crippen LogP contribution in [0.15, 0.2) is 61.4 Å². The lowest BCUT2D eigenvalue weighted by atomic mass is 10.0. The van der Waals surface area contributed by atoms with Crippen molar-refractivity contribution >= 4 is 0 Å². The first kappa shape index (κ1) is 17.0. The van der Waals surface area contributed by atoms with E-state index >= 15 is 0 Å². The van der Waals surface area contributed by atoms with Crippen LogP contribution < -0.4 is 0 Å². The van der Waals surface area contributed by atoms with Crippen molar-refractivity contribution in [2.24, 2.45) is 0 Å². The molecule has 2 nitrogen and oxygen atoms in total. The Bertz CT molecular complexity index is 530. The van der Waals surface area contributed by atoms with Crippen LogP contribution in [0.4, 0.5) is 0 Å². The van der Waals surface area contributed by atoms with Crippen molar-refractivity contribution in [2.45, 2.75) is 26.4 Å². The maximum atomic E-state index is 7.33. The van der Waals surface area contributed by atoms with Gasteiger partial charge in [-0.1, -0.05) is 62.4 Å². The second-order valence-corrected chi connectivity index (χ2v) is 4.76. The van der Waals surface area contributed by atoms with Crippen LogP contribution in [0.25, 0.3) is 11.1 Å². The smallest absolute Gasteiger partial charge is 0.0719 e. The summed E-state index contributed by atoms with van der Waals surface area (Å²) in [5.74, 6) is 0. The zero-order chi connectivity index (χ0) is 15.5. The molecule has 0 atom stereocenters. The molecule has 1 N–H and O–H groups in total. The van der Waals surface area contributed by atoms with Gasteiger partial charge in [0, 0.05) is 7.11 Å². The summed E-state index contributed by atoms with van der Waals surface area (Å²) in [5, 5.41) is 7.33. The third-order valence-electron chi connectivity index (χ3n) is 3.06. The maximum absolute atomic E-state index is 7.33. The summed E-state index contributed by atoms with van der Waals surface area (Å²) in [4.78, 5) is 0. The number of aryl methyl sites for hydroxylation is 1. The second-order valence-electron chi connectivity index (χ2n) is 4.76. The maximum Gasteiger partial charge on any atom is 0.0719 e. The van der Waals surface area contributed by atoms with Crippen LogP contribution in [0.1, 0.15) is 24.5 Å². The van der Waals surface area contributed by atoms with Gasteiger partial charge >= 0.3 is 0 Å². The van der Waals surface area contributed by atoms with Crippen LogP contribution in [-0.2, 0) is 17.8 Å². The number of methoxy groups -OCH3 is 1. The first-order chi connectivity index (χ1) is 10.2. The van der Waals surface area contributed by atoms with E-state index in [0.717, 1.165) is 12.7 Å². The SMILES string of the molecule is C=CO.CCCc1ccc(-c2cccc(COC)c2)cc1. The molecular formula is C19H24O2. The molecule has 0 aliphatic carbocycles. The number of benzene rings is 2. The molecule has 0 heterocycles. The van der Waals surface area contributed by atoms with Gasteiger partial charge in [0.1, 0.15) is 0 Å². The minimum absolute atomic E-state index is 0.668. The average molecular weight is 284 g/mol. The first-order valence-electron chi connectivity index (χ1n) is 7.17. The summed E-state index contributed by atoms with van der Waals surface area (Å²) in [6.07, 6.45) is 3.10. The highest BCUT2D eigenvalue weighted by atomic mass is 16.5. The minimum atomic E-state index is 0.668. The monoisotopic (exact) mass is 284 g/mol. The molecule has 0 radical (unpaired) electrons. The summed E-state index contributed by atoms with van der Waals surface area (Å²) in [7, 11) is 1.73. The van der Waals surface area contributed by atoms with Crippen LogP contribution in [0.3, 0.4) is 0 Å². The van der Waals surface area contributed by atoms with Crippen LogP contribution in [0.2, 0.25) is 0 Å². The van der Waals surface area contributed by atoms with Crippen molar-refractivity contribution in [1.82, 2.24) is 0 Å². The van der Waals surface area contributed by atoms with E-state index in [4.69, 9.17) is 9.84 Å². The summed E-state index contributed by atoms with van der Waals surface area (Å²) in [6, 6.07) is 17.4. The topological polar surface area (TPSA) is 29.5 Å². The van der Waals surface area contributed by atoms with Gasteiger partial charge in [0.15, 0.2) is 0 Å². The molecule has 0 unspecified atom stereocenters. The molecule has 0 aromatic heterocycles. The van der Waals surface area contributed by atoms with Crippen LogP contribution >= 0.6 is 0 Å². The predicted molar refractivity (Wildman–Crippen MR) is 89.4 cm³/mol. The predicted octanol–water partition coefficient (Wildman–Crippen LogP) is 5.14. The lowest BCUT2D eigenvalue weighted by Crippen LogP contribution is -1.88. The Morgan fingerprint density at radius 1 is 1.05 bits per heavy atom. The Morgan fingerprint density at radius 2 is 1.71 bits per heavy atom. The van der Waals surface area contributed by atoms with E-state index in [1.165, 1.54) is 28.7 Å². The fourth-order valence-corrected chi connectivity index (χ4v) is 2.16. The molecule has 0 aliphatic rings.